The van der Waals surface area contributed by atoms with E-state index >= 15 is 0 Å². The quantitative estimate of drug-likeness (QED) is 0.360. The minimum absolute atomic E-state index is 0.0675. The molecule has 210 valence electrons. The van der Waals surface area contributed by atoms with Crippen LogP contribution in [-0.2, 0) is 24.6 Å². The van der Waals surface area contributed by atoms with E-state index in [0.29, 0.717) is 34.4 Å². The molecular weight excluding hydrogens is 530 g/mol. The van der Waals surface area contributed by atoms with Gasteiger partial charge < -0.3 is 9.84 Å². The Morgan fingerprint density at radius 1 is 0.857 bits per heavy atom. The molecule has 3 aromatic rings. The summed E-state index contributed by atoms with van der Waals surface area (Å²) in [5.41, 5.74) is 1.37. The van der Waals surface area contributed by atoms with Crippen LogP contribution in [0.2, 0.25) is 0 Å². The van der Waals surface area contributed by atoms with Crippen molar-refractivity contribution in [3.8, 4) is 11.5 Å². The Labute approximate surface area is 242 Å². The van der Waals surface area contributed by atoms with E-state index in [1.165, 1.54) is 13.2 Å². The number of nitrogens with one attached hydrogen (secondary N) is 1. The lowest BCUT2D eigenvalue weighted by atomic mass is 9.44. The number of phenolic OH excluding ortho intramolecular Hbond substituents is 1. The van der Waals surface area contributed by atoms with Crippen molar-refractivity contribution in [1.29, 1.82) is 0 Å². The van der Waals surface area contributed by atoms with Gasteiger partial charge in [-0.05, 0) is 48.1 Å². The highest BCUT2D eigenvalue weighted by molar-refractivity contribution is 6.31. The van der Waals surface area contributed by atoms with Crippen LogP contribution >= 0.6 is 0 Å². The molecule has 1 saturated heterocycles. The first-order valence-corrected chi connectivity index (χ1v) is 14.2. The van der Waals surface area contributed by atoms with E-state index < -0.39 is 35.0 Å². The fourth-order valence-electron chi connectivity index (χ4n) is 8.10. The molecule has 1 heterocycles. The lowest BCUT2D eigenvalue weighted by Gasteiger charge is -2.55. The number of methoxy groups -OCH3 is 1. The van der Waals surface area contributed by atoms with Crippen LogP contribution in [0.4, 0.5) is 0 Å². The molecule has 0 unspecified atom stereocenters. The van der Waals surface area contributed by atoms with Crippen molar-refractivity contribution in [2.45, 2.75) is 24.2 Å². The number of carbonyl (C=O) groups excluding carboxylic acids is 4. The zero-order valence-electron chi connectivity index (χ0n) is 22.9. The van der Waals surface area contributed by atoms with Crippen LogP contribution in [0, 0.1) is 23.7 Å². The molecule has 2 N–H and O–H groups in total. The highest BCUT2D eigenvalue weighted by Gasteiger charge is 2.65. The number of imide groups is 1. The third kappa shape index (κ3) is 3.52. The first kappa shape index (κ1) is 26.1. The number of hydrogen-bond acceptors (Lipinski definition) is 6. The second-order valence-corrected chi connectivity index (χ2v) is 11.5. The van der Waals surface area contributed by atoms with Crippen molar-refractivity contribution in [3.63, 3.8) is 0 Å². The van der Waals surface area contributed by atoms with E-state index in [-0.39, 0.29) is 35.6 Å². The molecule has 0 spiro atoms. The van der Waals surface area contributed by atoms with E-state index in [9.17, 15) is 24.3 Å². The summed E-state index contributed by atoms with van der Waals surface area (Å²) in [5.74, 6) is -4.20. The molecule has 0 aromatic heterocycles. The molecular formula is C35H29NO6. The van der Waals surface area contributed by atoms with E-state index in [0.717, 1.165) is 5.57 Å². The largest absolute Gasteiger partial charge is 0.508 e. The number of aromatic hydroxyl groups is 1. The number of ketones is 2. The predicted molar refractivity (Wildman–Crippen MR) is 154 cm³/mol. The smallest absolute Gasteiger partial charge is 0.231 e. The molecule has 2 amide bonds. The number of Topliss-reactive ketones (excluding diaryl/α,β-unsaturated/α-hetero) is 1. The molecule has 1 aliphatic heterocycles. The van der Waals surface area contributed by atoms with Gasteiger partial charge in [0.2, 0.25) is 11.8 Å². The van der Waals surface area contributed by atoms with Crippen molar-refractivity contribution < 1.29 is 29.0 Å². The van der Waals surface area contributed by atoms with E-state index in [1.807, 2.05) is 66.7 Å². The third-order valence-corrected chi connectivity index (χ3v) is 9.77. The maximum Gasteiger partial charge on any atom is 0.231 e. The maximum absolute atomic E-state index is 14.9. The molecule has 6 atom stereocenters. The van der Waals surface area contributed by atoms with Gasteiger partial charge in [-0.25, -0.2) is 0 Å². The SMILES string of the molecule is COc1cccc(O)c1[C@H]1C2=CC[C@@H]3C(=O)NC(=O)[C@@H]3[C@@H]2C[C@H]2C(=O)C(c3ccccc3)=CC(=O)[C@@]12c1ccccc1. The van der Waals surface area contributed by atoms with Crippen molar-refractivity contribution in [3.05, 3.63) is 113 Å². The average molecular weight is 560 g/mol. The average Bonchev–Trinajstić information content (AvgIpc) is 3.31. The Kier molecular flexibility index (Phi) is 6.01. The maximum atomic E-state index is 14.9. The Bertz CT molecular complexity index is 1710. The number of rotatable bonds is 4. The van der Waals surface area contributed by atoms with Gasteiger partial charge >= 0.3 is 0 Å². The molecule has 3 aliphatic carbocycles. The van der Waals surface area contributed by atoms with Gasteiger partial charge in [0.15, 0.2) is 11.6 Å². The Morgan fingerprint density at radius 3 is 2.29 bits per heavy atom. The van der Waals surface area contributed by atoms with Gasteiger partial charge in [-0.3, -0.25) is 24.5 Å². The molecule has 4 aliphatic rings. The minimum Gasteiger partial charge on any atom is -0.508 e. The number of allylic oxidation sites excluding steroid dienone is 4. The van der Waals surface area contributed by atoms with Crippen molar-refractivity contribution in [2.24, 2.45) is 23.7 Å². The van der Waals surface area contributed by atoms with Crippen molar-refractivity contribution >= 4 is 29.0 Å². The normalized spacial score (nSPS) is 30.0. The van der Waals surface area contributed by atoms with E-state index in [4.69, 9.17) is 4.74 Å². The van der Waals surface area contributed by atoms with Crippen LogP contribution in [0.25, 0.3) is 5.57 Å². The molecule has 42 heavy (non-hydrogen) atoms. The zero-order valence-corrected chi connectivity index (χ0v) is 22.9. The summed E-state index contributed by atoms with van der Waals surface area (Å²) in [6.07, 6.45) is 3.95. The van der Waals surface area contributed by atoms with E-state index in [2.05, 4.69) is 5.32 Å². The summed E-state index contributed by atoms with van der Waals surface area (Å²) in [5, 5.41) is 13.9. The molecule has 1 saturated carbocycles. The number of hydrogen-bond donors (Lipinski definition) is 2. The molecule has 7 rings (SSSR count). The van der Waals surface area contributed by atoms with Crippen LogP contribution in [0.15, 0.2) is 96.6 Å². The topological polar surface area (TPSA) is 110 Å². The Morgan fingerprint density at radius 2 is 1.57 bits per heavy atom. The summed E-state index contributed by atoms with van der Waals surface area (Å²) in [6, 6.07) is 23.3. The van der Waals surface area contributed by atoms with E-state index in [1.54, 1.807) is 18.2 Å². The molecule has 7 heteroatoms. The van der Waals surface area contributed by atoms with Crippen LogP contribution in [0.1, 0.15) is 35.4 Å². The second-order valence-electron chi connectivity index (χ2n) is 11.5. The zero-order chi connectivity index (χ0) is 29.2. The molecule has 3 aromatic carbocycles. The van der Waals surface area contributed by atoms with Crippen LogP contribution in [0.5, 0.6) is 11.5 Å². The standard InChI is InChI=1S/C35H29NO6/c1-42-27-14-8-13-26(37)30(27)31-21-15-16-22-29(34(41)36-33(22)40)24(21)17-25-32(39)23(19-9-4-2-5-10-19)18-28(38)35(25,31)20-11-6-3-7-12-20/h2-15,18,22,24-25,29,31,37H,16-17H2,1H3,(H,36,40,41)/t22-,24+,25-,29-,31+,35-/m0/s1. The van der Waals surface area contributed by atoms with Crippen LogP contribution in [-0.4, -0.2) is 35.6 Å². The van der Waals surface area contributed by atoms with Gasteiger partial charge in [0.1, 0.15) is 11.5 Å². The highest BCUT2D eigenvalue weighted by atomic mass is 16.5. The fraction of sp³-hybridized carbons (Fsp3) is 0.257. The number of amides is 2. The molecule has 2 fully saturated rings. The first-order chi connectivity index (χ1) is 20.4. The van der Waals surface area contributed by atoms with Gasteiger partial charge in [-0.2, -0.15) is 0 Å². The van der Waals surface area contributed by atoms with Crippen LogP contribution < -0.4 is 10.1 Å². The summed E-state index contributed by atoms with van der Waals surface area (Å²) in [4.78, 5) is 55.6. The number of ether oxygens (including phenoxy) is 1. The lowest BCUT2D eigenvalue weighted by molar-refractivity contribution is -0.135. The fourth-order valence-corrected chi connectivity index (χ4v) is 8.10. The summed E-state index contributed by atoms with van der Waals surface area (Å²) >= 11 is 0. The number of phenols is 1. The Balaban J connectivity index is 1.56. The Hall–Kier alpha value is -4.78. The summed E-state index contributed by atoms with van der Waals surface area (Å²) < 4.78 is 5.76. The van der Waals surface area contributed by atoms with Gasteiger partial charge in [0.05, 0.1) is 24.4 Å². The predicted octanol–water partition coefficient (Wildman–Crippen LogP) is 4.51. The van der Waals surface area contributed by atoms with Crippen molar-refractivity contribution in [1.82, 2.24) is 5.32 Å². The highest BCUT2D eigenvalue weighted by Crippen LogP contribution is 2.65. The molecule has 0 radical (unpaired) electrons. The van der Waals surface area contributed by atoms with Crippen molar-refractivity contribution in [2.75, 3.05) is 7.11 Å². The molecule has 7 nitrogen and oxygen atoms in total. The summed E-state index contributed by atoms with van der Waals surface area (Å²) in [6.45, 7) is 0. The molecule has 0 bridgehead atoms. The first-order valence-electron chi connectivity index (χ1n) is 14.2. The van der Waals surface area contributed by atoms with Crippen LogP contribution in [0.3, 0.4) is 0 Å². The third-order valence-electron chi connectivity index (χ3n) is 9.77. The second kappa shape index (κ2) is 9.65. The lowest BCUT2D eigenvalue weighted by Crippen LogP contribution is -2.58. The van der Waals surface area contributed by atoms with Gasteiger partial charge in [0, 0.05) is 23.0 Å². The summed E-state index contributed by atoms with van der Waals surface area (Å²) in [7, 11) is 1.50. The minimum atomic E-state index is -1.42. The monoisotopic (exact) mass is 559 g/mol. The number of benzene rings is 3. The number of fused-ring (bicyclic) bond motifs is 4. The number of carbonyl (C=O) groups is 4. The van der Waals surface area contributed by atoms with Gasteiger partial charge in [-0.1, -0.05) is 78.4 Å². The van der Waals surface area contributed by atoms with Gasteiger partial charge in [0.25, 0.3) is 0 Å². The van der Waals surface area contributed by atoms with Gasteiger partial charge in [-0.15, -0.1) is 0 Å².